The van der Waals surface area contributed by atoms with E-state index in [4.69, 9.17) is 4.84 Å². The zero-order valence-electron chi connectivity index (χ0n) is 10.3. The van der Waals surface area contributed by atoms with Crippen molar-refractivity contribution in [3.8, 4) is 11.1 Å². The van der Waals surface area contributed by atoms with Crippen LogP contribution in [-0.2, 0) is 11.4 Å². The van der Waals surface area contributed by atoms with Gasteiger partial charge >= 0.3 is 0 Å². The lowest BCUT2D eigenvalue weighted by molar-refractivity contribution is 0.101. The van der Waals surface area contributed by atoms with Crippen LogP contribution in [0.15, 0.2) is 24.4 Å². The number of fused-ring (bicyclic) bond motifs is 3. The number of carbonyl (C=O) groups excluding carboxylic acids is 1. The highest BCUT2D eigenvalue weighted by Gasteiger charge is 2.19. The minimum atomic E-state index is 0.0673. The molecule has 0 atom stereocenters. The van der Waals surface area contributed by atoms with Gasteiger partial charge in [-0.25, -0.2) is 0 Å². The second-order valence-corrected chi connectivity index (χ2v) is 4.53. The lowest BCUT2D eigenvalue weighted by atomic mass is 9.97. The highest BCUT2D eigenvalue weighted by Crippen LogP contribution is 2.36. The number of hydrogen-bond donors (Lipinski definition) is 2. The van der Waals surface area contributed by atoms with Crippen molar-refractivity contribution in [1.29, 1.82) is 0 Å². The first-order chi connectivity index (χ1) is 8.66. The Kier molecular flexibility index (Phi) is 2.45. The monoisotopic (exact) mass is 242 g/mol. The van der Waals surface area contributed by atoms with Crippen molar-refractivity contribution in [2.45, 2.75) is 20.5 Å². The summed E-state index contributed by atoms with van der Waals surface area (Å²) in [6.45, 7) is 4.10. The van der Waals surface area contributed by atoms with Gasteiger partial charge in [0, 0.05) is 22.9 Å². The first-order valence-electron chi connectivity index (χ1n) is 5.87. The van der Waals surface area contributed by atoms with Crippen molar-refractivity contribution in [2.75, 3.05) is 5.48 Å². The number of carbonyl (C=O) groups is 1. The van der Waals surface area contributed by atoms with Gasteiger partial charge in [0.15, 0.2) is 5.78 Å². The number of aromatic nitrogens is 1. The SMILES string of the molecule is CC(=O)c1ccc2c(c1)-c1c(C)c[nH]c1CON2. The number of Topliss-reactive ketones (excluding diaryl/α,β-unsaturated/α-hetero) is 1. The molecule has 3 rings (SSSR count). The summed E-state index contributed by atoms with van der Waals surface area (Å²) >= 11 is 0. The van der Waals surface area contributed by atoms with E-state index in [1.807, 2.05) is 31.3 Å². The van der Waals surface area contributed by atoms with Crippen molar-refractivity contribution in [3.63, 3.8) is 0 Å². The minimum absolute atomic E-state index is 0.0673. The summed E-state index contributed by atoms with van der Waals surface area (Å²) in [6, 6.07) is 5.61. The maximum Gasteiger partial charge on any atom is 0.159 e. The number of H-pyrrole nitrogens is 1. The van der Waals surface area contributed by atoms with Gasteiger partial charge in [-0.15, -0.1) is 0 Å². The van der Waals surface area contributed by atoms with E-state index in [2.05, 4.69) is 10.5 Å². The van der Waals surface area contributed by atoms with Crippen LogP contribution in [0.5, 0.6) is 0 Å². The first kappa shape index (κ1) is 11.0. The first-order valence-corrected chi connectivity index (χ1v) is 5.87. The third kappa shape index (κ3) is 1.62. The molecule has 0 fully saturated rings. The van der Waals surface area contributed by atoms with Crippen LogP contribution < -0.4 is 5.48 Å². The van der Waals surface area contributed by atoms with Crippen molar-refractivity contribution < 1.29 is 9.63 Å². The fourth-order valence-electron chi connectivity index (χ4n) is 2.31. The maximum atomic E-state index is 11.5. The summed E-state index contributed by atoms with van der Waals surface area (Å²) in [4.78, 5) is 20.1. The Hall–Kier alpha value is -2.07. The number of rotatable bonds is 1. The van der Waals surface area contributed by atoms with Crippen molar-refractivity contribution in [1.82, 2.24) is 4.98 Å². The van der Waals surface area contributed by atoms with E-state index in [1.165, 1.54) is 0 Å². The van der Waals surface area contributed by atoms with Crippen molar-refractivity contribution >= 4 is 11.5 Å². The molecule has 2 heterocycles. The number of nitrogens with one attached hydrogen (secondary N) is 2. The largest absolute Gasteiger partial charge is 0.362 e. The molecule has 0 saturated heterocycles. The Labute approximate surface area is 105 Å². The van der Waals surface area contributed by atoms with Gasteiger partial charge in [0.2, 0.25) is 0 Å². The summed E-state index contributed by atoms with van der Waals surface area (Å²) in [5.41, 5.74) is 8.83. The number of benzene rings is 1. The van der Waals surface area contributed by atoms with Crippen LogP contribution in [0.3, 0.4) is 0 Å². The topological polar surface area (TPSA) is 54.1 Å². The van der Waals surface area contributed by atoms with Crippen LogP contribution in [0.25, 0.3) is 11.1 Å². The Morgan fingerprint density at radius 3 is 3.00 bits per heavy atom. The standard InChI is InChI=1S/C14H14N2O2/c1-8-6-15-13-7-18-16-12-4-3-10(9(2)17)5-11(12)14(8)13/h3-6,15-16H,7H2,1-2H3. The normalized spacial score (nSPS) is 13.2. The number of hydrogen-bond acceptors (Lipinski definition) is 3. The van der Waals surface area contributed by atoms with Gasteiger partial charge in [0.1, 0.15) is 6.61 Å². The Morgan fingerprint density at radius 1 is 1.39 bits per heavy atom. The molecule has 0 unspecified atom stereocenters. The summed E-state index contributed by atoms with van der Waals surface area (Å²) in [5.74, 6) is 0.0673. The lowest BCUT2D eigenvalue weighted by Gasteiger charge is -2.09. The van der Waals surface area contributed by atoms with E-state index in [0.717, 1.165) is 28.1 Å². The number of aromatic amines is 1. The molecule has 0 bridgehead atoms. The maximum absolute atomic E-state index is 11.5. The molecule has 1 aromatic heterocycles. The van der Waals surface area contributed by atoms with Gasteiger partial charge in [0.25, 0.3) is 0 Å². The molecule has 4 heteroatoms. The second kappa shape index (κ2) is 3.99. The Bertz CT molecular complexity index is 629. The molecule has 2 N–H and O–H groups in total. The average molecular weight is 242 g/mol. The average Bonchev–Trinajstić information content (AvgIpc) is 2.61. The van der Waals surface area contributed by atoms with Gasteiger partial charge in [-0.2, -0.15) is 0 Å². The summed E-state index contributed by atoms with van der Waals surface area (Å²) < 4.78 is 0. The molecule has 0 amide bonds. The predicted octanol–water partition coefficient (Wildman–Crippen LogP) is 3.05. The van der Waals surface area contributed by atoms with Crippen LogP contribution in [0.2, 0.25) is 0 Å². The smallest absolute Gasteiger partial charge is 0.159 e. The van der Waals surface area contributed by atoms with Gasteiger partial charge in [-0.3, -0.25) is 15.1 Å². The van der Waals surface area contributed by atoms with Crippen LogP contribution in [0, 0.1) is 6.92 Å². The summed E-state index contributed by atoms with van der Waals surface area (Å²) in [5, 5.41) is 0. The Balaban J connectivity index is 2.26. The third-order valence-corrected chi connectivity index (χ3v) is 3.25. The van der Waals surface area contributed by atoms with E-state index in [0.29, 0.717) is 12.2 Å². The highest BCUT2D eigenvalue weighted by atomic mass is 16.6. The molecule has 0 radical (unpaired) electrons. The van der Waals surface area contributed by atoms with Gasteiger partial charge in [-0.1, -0.05) is 0 Å². The molecular weight excluding hydrogens is 228 g/mol. The van der Waals surface area contributed by atoms with Gasteiger partial charge in [0.05, 0.1) is 11.4 Å². The predicted molar refractivity (Wildman–Crippen MR) is 69.4 cm³/mol. The van der Waals surface area contributed by atoms with E-state index in [9.17, 15) is 4.79 Å². The second-order valence-electron chi connectivity index (χ2n) is 4.53. The molecule has 0 saturated carbocycles. The van der Waals surface area contributed by atoms with Gasteiger partial charge < -0.3 is 4.98 Å². The van der Waals surface area contributed by atoms with E-state index in [-0.39, 0.29) is 5.78 Å². The fraction of sp³-hybridized carbons (Fsp3) is 0.214. The molecule has 1 aliphatic heterocycles. The number of aryl methyl sites for hydroxylation is 1. The lowest BCUT2D eigenvalue weighted by Crippen LogP contribution is -2.00. The van der Waals surface area contributed by atoms with Crippen LogP contribution >= 0.6 is 0 Å². The molecule has 92 valence electrons. The van der Waals surface area contributed by atoms with Crippen LogP contribution in [0.4, 0.5) is 5.69 Å². The summed E-state index contributed by atoms with van der Waals surface area (Å²) in [6.07, 6.45) is 1.96. The van der Waals surface area contributed by atoms with Gasteiger partial charge in [-0.05, 0) is 37.6 Å². The molecule has 0 aliphatic carbocycles. The Morgan fingerprint density at radius 2 is 2.22 bits per heavy atom. The zero-order chi connectivity index (χ0) is 12.7. The zero-order valence-corrected chi connectivity index (χ0v) is 10.3. The minimum Gasteiger partial charge on any atom is -0.362 e. The third-order valence-electron chi connectivity index (χ3n) is 3.25. The van der Waals surface area contributed by atoms with Crippen molar-refractivity contribution in [2.24, 2.45) is 0 Å². The molecule has 0 spiro atoms. The molecule has 4 nitrogen and oxygen atoms in total. The molecule has 2 aromatic rings. The van der Waals surface area contributed by atoms with Crippen molar-refractivity contribution in [3.05, 3.63) is 41.2 Å². The number of ketones is 1. The molecule has 1 aliphatic rings. The summed E-state index contributed by atoms with van der Waals surface area (Å²) in [7, 11) is 0. The van der Waals surface area contributed by atoms with E-state index >= 15 is 0 Å². The van der Waals surface area contributed by atoms with E-state index in [1.54, 1.807) is 6.92 Å². The quantitative estimate of drug-likeness (QED) is 0.756. The van der Waals surface area contributed by atoms with E-state index < -0.39 is 0 Å². The van der Waals surface area contributed by atoms with Crippen LogP contribution in [-0.4, -0.2) is 10.8 Å². The van der Waals surface area contributed by atoms with Crippen LogP contribution in [0.1, 0.15) is 28.5 Å². The molecular formula is C14H14N2O2. The molecule has 1 aromatic carbocycles. The number of anilines is 1. The highest BCUT2D eigenvalue weighted by molar-refractivity contribution is 5.97. The molecule has 18 heavy (non-hydrogen) atoms. The fourth-order valence-corrected chi connectivity index (χ4v) is 2.31.